The van der Waals surface area contributed by atoms with Crippen molar-refractivity contribution in [3.8, 4) is 0 Å². The summed E-state index contributed by atoms with van der Waals surface area (Å²) in [6, 6.07) is 0. The first-order valence-corrected chi connectivity index (χ1v) is 4.39. The number of rotatable bonds is 6. The molecule has 0 aromatic carbocycles. The molecule has 6 heteroatoms. The highest BCUT2D eigenvalue weighted by atomic mass is 16.6. The van der Waals surface area contributed by atoms with Crippen molar-refractivity contribution < 1.29 is 29.0 Å². The van der Waals surface area contributed by atoms with Gasteiger partial charge in [-0.3, -0.25) is 9.59 Å². The van der Waals surface area contributed by atoms with Crippen LogP contribution in [-0.2, 0) is 23.9 Å². The molecule has 2 atom stereocenters. The molecule has 0 aliphatic carbocycles. The van der Waals surface area contributed by atoms with Crippen LogP contribution < -0.4 is 0 Å². The number of esters is 1. The summed E-state index contributed by atoms with van der Waals surface area (Å²) in [5.41, 5.74) is 0. The molecule has 0 aliphatic rings. The van der Waals surface area contributed by atoms with Crippen LogP contribution in [0.4, 0.5) is 0 Å². The summed E-state index contributed by atoms with van der Waals surface area (Å²) < 4.78 is 9.26. The largest absolute Gasteiger partial charge is 0.479 e. The van der Waals surface area contributed by atoms with Crippen molar-refractivity contribution in [3.05, 3.63) is 0 Å². The molecule has 6 nitrogen and oxygen atoms in total. The first-order valence-electron chi connectivity index (χ1n) is 4.39. The molecule has 0 bridgehead atoms. The Morgan fingerprint density at radius 2 is 1.80 bits per heavy atom. The van der Waals surface area contributed by atoms with E-state index in [0.29, 0.717) is 0 Å². The molecule has 0 aromatic heterocycles. The van der Waals surface area contributed by atoms with Gasteiger partial charge in [0.2, 0.25) is 0 Å². The molecular weight excluding hydrogens is 204 g/mol. The van der Waals surface area contributed by atoms with Gasteiger partial charge in [0.1, 0.15) is 0 Å². The zero-order valence-corrected chi connectivity index (χ0v) is 8.85. The van der Waals surface area contributed by atoms with Crippen molar-refractivity contribution in [2.75, 3.05) is 7.11 Å². The Morgan fingerprint density at radius 3 is 2.07 bits per heavy atom. The molecule has 0 spiro atoms. The summed E-state index contributed by atoms with van der Waals surface area (Å²) >= 11 is 0. The fraction of sp³-hybridized carbons (Fsp3) is 0.667. The molecule has 0 unspecified atom stereocenters. The van der Waals surface area contributed by atoms with Gasteiger partial charge in [-0.25, -0.2) is 4.79 Å². The monoisotopic (exact) mass is 218 g/mol. The van der Waals surface area contributed by atoms with E-state index in [-0.39, 0.29) is 6.42 Å². The average Bonchev–Trinajstić information content (AvgIpc) is 2.16. The second-order valence-corrected chi connectivity index (χ2v) is 2.87. The van der Waals surface area contributed by atoms with Crippen LogP contribution >= 0.6 is 0 Å². The number of ether oxygens (including phenoxy) is 2. The summed E-state index contributed by atoms with van der Waals surface area (Å²) in [5, 5.41) is 8.71. The fourth-order valence-electron chi connectivity index (χ4n) is 0.937. The van der Waals surface area contributed by atoms with Crippen LogP contribution in [0.1, 0.15) is 20.3 Å². The van der Waals surface area contributed by atoms with Crippen molar-refractivity contribution in [2.24, 2.45) is 0 Å². The van der Waals surface area contributed by atoms with E-state index < -0.39 is 29.9 Å². The van der Waals surface area contributed by atoms with Crippen molar-refractivity contribution in [2.45, 2.75) is 32.5 Å². The van der Waals surface area contributed by atoms with E-state index in [2.05, 4.69) is 9.47 Å². The summed E-state index contributed by atoms with van der Waals surface area (Å²) in [4.78, 5) is 32.7. The number of carboxylic acid groups (broad SMARTS) is 1. The lowest BCUT2D eigenvalue weighted by Gasteiger charge is -2.20. The van der Waals surface area contributed by atoms with Crippen molar-refractivity contribution >= 4 is 17.7 Å². The molecule has 0 aliphatic heterocycles. The van der Waals surface area contributed by atoms with Gasteiger partial charge in [-0.1, -0.05) is 6.92 Å². The number of hydrogen-bond donors (Lipinski definition) is 1. The maximum absolute atomic E-state index is 11.1. The number of hydrogen-bond acceptors (Lipinski definition) is 5. The van der Waals surface area contributed by atoms with Gasteiger partial charge in [-0.05, 0) is 6.92 Å². The lowest BCUT2D eigenvalue weighted by Crippen LogP contribution is -2.43. The van der Waals surface area contributed by atoms with Crippen LogP contribution in [-0.4, -0.2) is 42.1 Å². The SMILES string of the molecule is CCC(=O)O[C@H](C(C)=O)[C@H](OC)C(=O)O. The van der Waals surface area contributed by atoms with E-state index >= 15 is 0 Å². The highest BCUT2D eigenvalue weighted by molar-refractivity contribution is 5.89. The Labute approximate surface area is 87.2 Å². The van der Waals surface area contributed by atoms with Crippen molar-refractivity contribution in [1.29, 1.82) is 0 Å². The number of ketones is 1. The fourth-order valence-corrected chi connectivity index (χ4v) is 0.937. The predicted octanol–water partition coefficient (Wildman–Crippen LogP) is -0.00320. The quantitative estimate of drug-likeness (QED) is 0.631. The minimum absolute atomic E-state index is 0.0693. The number of carbonyl (C=O) groups excluding carboxylic acids is 2. The number of aliphatic carboxylic acids is 1. The Morgan fingerprint density at radius 1 is 1.27 bits per heavy atom. The molecule has 0 rings (SSSR count). The zero-order valence-electron chi connectivity index (χ0n) is 8.85. The minimum atomic E-state index is -1.46. The second-order valence-electron chi connectivity index (χ2n) is 2.87. The molecular formula is C9H14O6. The van der Waals surface area contributed by atoms with E-state index in [9.17, 15) is 14.4 Å². The smallest absolute Gasteiger partial charge is 0.337 e. The van der Waals surface area contributed by atoms with Gasteiger partial charge in [-0.15, -0.1) is 0 Å². The van der Waals surface area contributed by atoms with Crippen LogP contribution in [0.25, 0.3) is 0 Å². The molecule has 0 fully saturated rings. The van der Waals surface area contributed by atoms with Gasteiger partial charge < -0.3 is 14.6 Å². The minimum Gasteiger partial charge on any atom is -0.479 e. The molecule has 1 N–H and O–H groups in total. The van der Waals surface area contributed by atoms with Crippen LogP contribution in [0.2, 0.25) is 0 Å². The second kappa shape index (κ2) is 6.13. The highest BCUT2D eigenvalue weighted by Gasteiger charge is 2.34. The van der Waals surface area contributed by atoms with Crippen LogP contribution in [0.3, 0.4) is 0 Å². The van der Waals surface area contributed by atoms with E-state index in [1.807, 2.05) is 0 Å². The molecule has 86 valence electrons. The summed E-state index contributed by atoms with van der Waals surface area (Å²) in [7, 11) is 1.13. The Kier molecular flexibility index (Phi) is 5.54. The molecule has 0 amide bonds. The van der Waals surface area contributed by atoms with Gasteiger partial charge in [-0.2, -0.15) is 0 Å². The lowest BCUT2D eigenvalue weighted by molar-refractivity contribution is -0.172. The summed E-state index contributed by atoms with van der Waals surface area (Å²) in [6.45, 7) is 2.69. The average molecular weight is 218 g/mol. The van der Waals surface area contributed by atoms with Crippen molar-refractivity contribution in [1.82, 2.24) is 0 Å². The van der Waals surface area contributed by atoms with E-state index in [1.165, 1.54) is 0 Å². The van der Waals surface area contributed by atoms with Crippen LogP contribution in [0, 0.1) is 0 Å². The Bertz CT molecular complexity index is 259. The van der Waals surface area contributed by atoms with Crippen molar-refractivity contribution in [3.63, 3.8) is 0 Å². The summed E-state index contributed by atoms with van der Waals surface area (Å²) in [6.07, 6.45) is -2.78. The molecule has 0 heterocycles. The van der Waals surface area contributed by atoms with Gasteiger partial charge >= 0.3 is 11.9 Å². The maximum Gasteiger partial charge on any atom is 0.337 e. The van der Waals surface area contributed by atoms with E-state index in [0.717, 1.165) is 14.0 Å². The first-order chi connectivity index (χ1) is 6.93. The van der Waals surface area contributed by atoms with Gasteiger partial charge in [0.05, 0.1) is 0 Å². The van der Waals surface area contributed by atoms with Crippen LogP contribution in [0.15, 0.2) is 0 Å². The maximum atomic E-state index is 11.1. The Hall–Kier alpha value is -1.43. The third kappa shape index (κ3) is 4.07. The number of carboxylic acids is 1. The van der Waals surface area contributed by atoms with Crippen LogP contribution in [0.5, 0.6) is 0 Å². The summed E-state index contributed by atoms with van der Waals surface area (Å²) in [5.74, 6) is -2.55. The number of Topliss-reactive ketones (excluding diaryl/α,β-unsaturated/α-hetero) is 1. The zero-order chi connectivity index (χ0) is 12.0. The lowest BCUT2D eigenvalue weighted by atomic mass is 10.1. The molecule has 15 heavy (non-hydrogen) atoms. The topological polar surface area (TPSA) is 89.9 Å². The molecule has 0 saturated heterocycles. The van der Waals surface area contributed by atoms with E-state index in [4.69, 9.17) is 5.11 Å². The third-order valence-electron chi connectivity index (χ3n) is 1.72. The number of carbonyl (C=O) groups is 3. The molecule has 0 radical (unpaired) electrons. The third-order valence-corrected chi connectivity index (χ3v) is 1.72. The molecule has 0 aromatic rings. The number of methoxy groups -OCH3 is 1. The predicted molar refractivity (Wildman–Crippen MR) is 49.3 cm³/mol. The normalized spacial score (nSPS) is 14.1. The first kappa shape index (κ1) is 13.6. The van der Waals surface area contributed by atoms with Gasteiger partial charge in [0, 0.05) is 13.5 Å². The van der Waals surface area contributed by atoms with Gasteiger partial charge in [0.25, 0.3) is 0 Å². The molecule has 0 saturated carbocycles. The van der Waals surface area contributed by atoms with Gasteiger partial charge in [0.15, 0.2) is 18.0 Å². The highest BCUT2D eigenvalue weighted by Crippen LogP contribution is 2.07. The van der Waals surface area contributed by atoms with E-state index in [1.54, 1.807) is 6.92 Å². The Balaban J connectivity index is 4.70. The standard InChI is InChI=1S/C9H14O6/c1-4-6(11)15-7(5(2)10)8(14-3)9(12)13/h7-8H,4H2,1-3H3,(H,12,13)/t7-,8+/m1/s1.